The number of piperazine rings is 1. The number of carbonyl (C=O) groups is 1. The molecule has 1 aromatic heterocycles. The molecule has 2 aromatic rings. The lowest BCUT2D eigenvalue weighted by molar-refractivity contribution is -0.117. The van der Waals surface area contributed by atoms with E-state index in [1.165, 1.54) is 0 Å². The van der Waals surface area contributed by atoms with E-state index >= 15 is 0 Å². The molecular formula is C21H31N5O. The number of nitrogens with one attached hydrogen (secondary N) is 1. The smallest absolute Gasteiger partial charge is 0.238 e. The molecule has 6 heteroatoms. The van der Waals surface area contributed by atoms with Gasteiger partial charge in [-0.1, -0.05) is 32.0 Å². The van der Waals surface area contributed by atoms with E-state index in [-0.39, 0.29) is 5.91 Å². The minimum Gasteiger partial charge on any atom is -0.333 e. The van der Waals surface area contributed by atoms with Crippen molar-refractivity contribution in [3.05, 3.63) is 48.0 Å². The number of aromatic nitrogens is 2. The Morgan fingerprint density at radius 3 is 2.52 bits per heavy atom. The standard InChI is InChI=1S/C21H31N5O/c1-17(2)21-22-8-9-26(21)15-14-24-10-12-25(13-11-24)16-20(27)23-19-7-5-4-6-18(19)3/h4-9,17H,10-16H2,1-3H3,(H,23,27). The number of carbonyl (C=O) groups excluding carboxylic acids is 1. The molecule has 0 radical (unpaired) electrons. The second kappa shape index (κ2) is 9.15. The Morgan fingerprint density at radius 1 is 1.11 bits per heavy atom. The number of hydrogen-bond acceptors (Lipinski definition) is 4. The van der Waals surface area contributed by atoms with E-state index in [9.17, 15) is 4.79 Å². The van der Waals surface area contributed by atoms with Crippen molar-refractivity contribution in [2.45, 2.75) is 33.2 Å². The Kier molecular flexibility index (Phi) is 6.63. The van der Waals surface area contributed by atoms with Gasteiger partial charge in [0.2, 0.25) is 5.91 Å². The highest BCUT2D eigenvalue weighted by Gasteiger charge is 2.19. The van der Waals surface area contributed by atoms with Crippen molar-refractivity contribution in [1.29, 1.82) is 0 Å². The number of para-hydroxylation sites is 1. The van der Waals surface area contributed by atoms with Crippen LogP contribution in [-0.2, 0) is 11.3 Å². The summed E-state index contributed by atoms with van der Waals surface area (Å²) in [4.78, 5) is 21.5. The van der Waals surface area contributed by atoms with Crippen LogP contribution in [0.3, 0.4) is 0 Å². The normalized spacial score (nSPS) is 16.0. The van der Waals surface area contributed by atoms with Crippen molar-refractivity contribution < 1.29 is 4.79 Å². The maximum Gasteiger partial charge on any atom is 0.238 e. The number of amides is 1. The third-order valence-corrected chi connectivity index (χ3v) is 5.17. The fraction of sp³-hybridized carbons (Fsp3) is 0.524. The third kappa shape index (κ3) is 5.40. The summed E-state index contributed by atoms with van der Waals surface area (Å²) >= 11 is 0. The minimum atomic E-state index is 0.0674. The van der Waals surface area contributed by atoms with Gasteiger partial charge in [-0.05, 0) is 18.6 Å². The van der Waals surface area contributed by atoms with E-state index in [1.54, 1.807) is 0 Å². The second-order valence-corrected chi connectivity index (χ2v) is 7.61. The molecule has 27 heavy (non-hydrogen) atoms. The lowest BCUT2D eigenvalue weighted by atomic mass is 10.2. The summed E-state index contributed by atoms with van der Waals surface area (Å²) in [5, 5.41) is 3.02. The first kappa shape index (κ1) is 19.6. The van der Waals surface area contributed by atoms with Gasteiger partial charge in [-0.3, -0.25) is 14.6 Å². The molecule has 0 bridgehead atoms. The van der Waals surface area contributed by atoms with Crippen LogP contribution in [0, 0.1) is 6.92 Å². The molecule has 0 saturated carbocycles. The number of nitrogens with zero attached hydrogens (tertiary/aromatic N) is 4. The molecule has 0 atom stereocenters. The van der Waals surface area contributed by atoms with Crippen molar-refractivity contribution in [3.63, 3.8) is 0 Å². The third-order valence-electron chi connectivity index (χ3n) is 5.17. The van der Waals surface area contributed by atoms with E-state index < -0.39 is 0 Å². The maximum absolute atomic E-state index is 12.3. The minimum absolute atomic E-state index is 0.0674. The number of benzene rings is 1. The summed E-state index contributed by atoms with van der Waals surface area (Å²) in [6.07, 6.45) is 3.96. The monoisotopic (exact) mass is 369 g/mol. The molecule has 1 N–H and O–H groups in total. The molecule has 1 aromatic carbocycles. The van der Waals surface area contributed by atoms with E-state index in [0.29, 0.717) is 12.5 Å². The molecule has 0 unspecified atom stereocenters. The number of hydrogen-bond donors (Lipinski definition) is 1. The van der Waals surface area contributed by atoms with Crippen molar-refractivity contribution in [2.75, 3.05) is 44.6 Å². The highest BCUT2D eigenvalue weighted by Crippen LogP contribution is 2.14. The van der Waals surface area contributed by atoms with Crippen molar-refractivity contribution >= 4 is 11.6 Å². The maximum atomic E-state index is 12.3. The van der Waals surface area contributed by atoms with Gasteiger partial charge in [0.15, 0.2) is 0 Å². The van der Waals surface area contributed by atoms with E-state index in [4.69, 9.17) is 0 Å². The second-order valence-electron chi connectivity index (χ2n) is 7.61. The molecule has 0 aliphatic carbocycles. The van der Waals surface area contributed by atoms with Crippen molar-refractivity contribution in [3.8, 4) is 0 Å². The van der Waals surface area contributed by atoms with Gasteiger partial charge in [0.1, 0.15) is 5.82 Å². The molecule has 1 aliphatic rings. The average molecular weight is 370 g/mol. The molecule has 1 aliphatic heterocycles. The molecule has 1 saturated heterocycles. The lowest BCUT2D eigenvalue weighted by Crippen LogP contribution is -2.49. The topological polar surface area (TPSA) is 53.4 Å². The summed E-state index contributed by atoms with van der Waals surface area (Å²) in [5.41, 5.74) is 2.00. The lowest BCUT2D eigenvalue weighted by Gasteiger charge is -2.34. The van der Waals surface area contributed by atoms with Gasteiger partial charge in [-0.25, -0.2) is 4.98 Å². The Balaban J connectivity index is 1.40. The Hall–Kier alpha value is -2.18. The molecule has 2 heterocycles. The molecule has 1 amide bonds. The average Bonchev–Trinajstić information content (AvgIpc) is 3.12. The Bertz CT molecular complexity index is 747. The van der Waals surface area contributed by atoms with Gasteiger partial charge >= 0.3 is 0 Å². The zero-order valence-corrected chi connectivity index (χ0v) is 16.7. The van der Waals surface area contributed by atoms with Crippen LogP contribution in [0.4, 0.5) is 5.69 Å². The van der Waals surface area contributed by atoms with Gasteiger partial charge in [-0.15, -0.1) is 0 Å². The SMILES string of the molecule is Cc1ccccc1NC(=O)CN1CCN(CCn2ccnc2C(C)C)CC1. The number of aryl methyl sites for hydroxylation is 1. The Morgan fingerprint density at radius 2 is 1.81 bits per heavy atom. The van der Waals surface area contributed by atoms with Crippen LogP contribution in [-0.4, -0.2) is 64.5 Å². The first-order valence-corrected chi connectivity index (χ1v) is 9.84. The van der Waals surface area contributed by atoms with Crippen LogP contribution >= 0.6 is 0 Å². The Labute approximate surface area is 162 Å². The van der Waals surface area contributed by atoms with Crippen LogP contribution in [0.25, 0.3) is 0 Å². The number of imidazole rings is 1. The summed E-state index contributed by atoms with van der Waals surface area (Å²) in [5.74, 6) is 1.67. The largest absolute Gasteiger partial charge is 0.333 e. The molecule has 0 spiro atoms. The van der Waals surface area contributed by atoms with Gasteiger partial charge < -0.3 is 9.88 Å². The van der Waals surface area contributed by atoms with E-state index in [2.05, 4.69) is 44.7 Å². The molecule has 1 fully saturated rings. The van der Waals surface area contributed by atoms with Crippen LogP contribution in [0.1, 0.15) is 31.2 Å². The van der Waals surface area contributed by atoms with Gasteiger partial charge in [0.05, 0.1) is 6.54 Å². The molecule has 146 valence electrons. The van der Waals surface area contributed by atoms with Crippen molar-refractivity contribution in [2.24, 2.45) is 0 Å². The van der Waals surface area contributed by atoms with E-state index in [1.807, 2.05) is 37.4 Å². The zero-order valence-electron chi connectivity index (χ0n) is 16.7. The van der Waals surface area contributed by atoms with Crippen molar-refractivity contribution in [1.82, 2.24) is 19.4 Å². The van der Waals surface area contributed by atoms with E-state index in [0.717, 1.165) is 56.3 Å². The molecular weight excluding hydrogens is 338 g/mol. The molecule has 6 nitrogen and oxygen atoms in total. The van der Waals surface area contributed by atoms with Gasteiger partial charge in [0, 0.05) is 63.3 Å². The summed E-state index contributed by atoms with van der Waals surface area (Å²) in [6.45, 7) is 12.7. The highest BCUT2D eigenvalue weighted by atomic mass is 16.2. The predicted molar refractivity (Wildman–Crippen MR) is 109 cm³/mol. The van der Waals surface area contributed by atoms with Gasteiger partial charge in [-0.2, -0.15) is 0 Å². The summed E-state index contributed by atoms with van der Waals surface area (Å²) in [7, 11) is 0. The fourth-order valence-electron chi connectivity index (χ4n) is 3.54. The first-order valence-electron chi connectivity index (χ1n) is 9.84. The van der Waals surface area contributed by atoms with Crippen LogP contribution in [0.2, 0.25) is 0 Å². The van der Waals surface area contributed by atoms with Gasteiger partial charge in [0.25, 0.3) is 0 Å². The molecule has 3 rings (SSSR count). The van der Waals surface area contributed by atoms with Crippen LogP contribution in [0.15, 0.2) is 36.7 Å². The number of rotatable bonds is 7. The quantitative estimate of drug-likeness (QED) is 0.815. The fourth-order valence-corrected chi connectivity index (χ4v) is 3.54. The van der Waals surface area contributed by atoms with Crippen LogP contribution < -0.4 is 5.32 Å². The summed E-state index contributed by atoms with van der Waals surface area (Å²) < 4.78 is 2.26. The highest BCUT2D eigenvalue weighted by molar-refractivity contribution is 5.92. The number of anilines is 1. The van der Waals surface area contributed by atoms with Crippen LogP contribution in [0.5, 0.6) is 0 Å². The zero-order chi connectivity index (χ0) is 19.2. The summed E-state index contributed by atoms with van der Waals surface area (Å²) in [6, 6.07) is 7.90. The predicted octanol–water partition coefficient (Wildman–Crippen LogP) is 2.57. The first-order chi connectivity index (χ1) is 13.0.